The average Bonchev–Trinajstić information content (AvgIpc) is 2.36. The van der Waals surface area contributed by atoms with Gasteiger partial charge >= 0.3 is 5.97 Å². The molecule has 1 N–H and O–H groups in total. The molecule has 1 saturated heterocycles. The lowest BCUT2D eigenvalue weighted by Gasteiger charge is -2.32. The summed E-state index contributed by atoms with van der Waals surface area (Å²) in [7, 11) is 0. The van der Waals surface area contributed by atoms with Gasteiger partial charge in [-0.1, -0.05) is 0 Å². The predicted molar refractivity (Wildman–Crippen MR) is 67.8 cm³/mol. The van der Waals surface area contributed by atoms with Crippen LogP contribution in [0.15, 0.2) is 0 Å². The van der Waals surface area contributed by atoms with Crippen LogP contribution in [0.1, 0.15) is 6.92 Å². The fourth-order valence-electron chi connectivity index (χ4n) is 1.61. The van der Waals surface area contributed by atoms with E-state index in [1.54, 1.807) is 4.90 Å². The van der Waals surface area contributed by atoms with Crippen LogP contribution in [0.3, 0.4) is 0 Å². The second kappa shape index (κ2) is 8.34. The molecule has 1 aliphatic heterocycles. The fourth-order valence-corrected chi connectivity index (χ4v) is 2.25. The Morgan fingerprint density at radius 3 is 2.94 bits per heavy atom. The molecular formula is C11H19NO5S. The molecule has 1 unspecified atom stereocenters. The zero-order chi connectivity index (χ0) is 13.4. The van der Waals surface area contributed by atoms with E-state index in [0.29, 0.717) is 32.9 Å². The zero-order valence-electron chi connectivity index (χ0n) is 10.5. The summed E-state index contributed by atoms with van der Waals surface area (Å²) in [5.74, 6) is -0.776. The number of carboxylic acids is 1. The van der Waals surface area contributed by atoms with Gasteiger partial charge in [0.25, 0.3) is 0 Å². The number of aliphatic carboxylic acids is 1. The van der Waals surface area contributed by atoms with Crippen molar-refractivity contribution in [3.63, 3.8) is 0 Å². The highest BCUT2D eigenvalue weighted by Crippen LogP contribution is 2.09. The van der Waals surface area contributed by atoms with Crippen molar-refractivity contribution >= 4 is 23.6 Å². The molecule has 1 amide bonds. The molecule has 1 fully saturated rings. The number of carbonyl (C=O) groups excluding carboxylic acids is 1. The van der Waals surface area contributed by atoms with Gasteiger partial charge in [0.05, 0.1) is 30.8 Å². The van der Waals surface area contributed by atoms with E-state index in [2.05, 4.69) is 0 Å². The Kier molecular flexibility index (Phi) is 7.07. The van der Waals surface area contributed by atoms with Gasteiger partial charge in [0.1, 0.15) is 0 Å². The highest BCUT2D eigenvalue weighted by atomic mass is 32.2. The minimum atomic E-state index is -0.899. The monoisotopic (exact) mass is 277 g/mol. The lowest BCUT2D eigenvalue weighted by Crippen LogP contribution is -2.47. The first-order valence-electron chi connectivity index (χ1n) is 5.90. The second-order valence-electron chi connectivity index (χ2n) is 3.88. The van der Waals surface area contributed by atoms with Crippen molar-refractivity contribution in [2.45, 2.75) is 13.0 Å². The van der Waals surface area contributed by atoms with Crippen LogP contribution in [-0.4, -0.2) is 72.4 Å². The molecular weight excluding hydrogens is 258 g/mol. The van der Waals surface area contributed by atoms with E-state index in [-0.39, 0.29) is 23.5 Å². The summed E-state index contributed by atoms with van der Waals surface area (Å²) in [6, 6.07) is 0. The molecule has 0 aromatic heterocycles. The minimum Gasteiger partial charge on any atom is -0.481 e. The number of rotatable bonds is 7. The number of hydrogen-bond acceptors (Lipinski definition) is 5. The standard InChI is InChI=1S/C11H19NO5S/c1-2-16-6-9-5-12(3-4-17-9)10(13)7-18-8-11(14)15/h9H,2-8H2,1H3,(H,14,15). The van der Waals surface area contributed by atoms with E-state index in [1.165, 1.54) is 0 Å². The number of morpholine rings is 1. The second-order valence-corrected chi connectivity index (χ2v) is 4.86. The molecule has 1 rings (SSSR count). The number of hydrogen-bond donors (Lipinski definition) is 1. The van der Waals surface area contributed by atoms with Gasteiger partial charge in [-0.25, -0.2) is 0 Å². The molecule has 0 aromatic rings. The maximum Gasteiger partial charge on any atom is 0.313 e. The number of nitrogens with zero attached hydrogens (tertiary/aromatic N) is 1. The Hall–Kier alpha value is -0.790. The van der Waals surface area contributed by atoms with Crippen LogP contribution < -0.4 is 0 Å². The van der Waals surface area contributed by atoms with Crippen LogP contribution in [0.5, 0.6) is 0 Å². The van der Waals surface area contributed by atoms with Gasteiger partial charge in [-0.05, 0) is 6.92 Å². The number of amides is 1. The Bertz CT molecular complexity index is 287. The molecule has 18 heavy (non-hydrogen) atoms. The van der Waals surface area contributed by atoms with Crippen molar-refractivity contribution in [2.24, 2.45) is 0 Å². The molecule has 0 saturated carbocycles. The average molecular weight is 277 g/mol. The van der Waals surface area contributed by atoms with Crippen molar-refractivity contribution in [3.8, 4) is 0 Å². The third-order valence-electron chi connectivity index (χ3n) is 2.45. The third-order valence-corrected chi connectivity index (χ3v) is 3.35. The third kappa shape index (κ3) is 5.70. The Labute approximate surface area is 111 Å². The molecule has 7 heteroatoms. The molecule has 0 radical (unpaired) electrons. The summed E-state index contributed by atoms with van der Waals surface area (Å²) in [6.45, 7) is 4.62. The van der Waals surface area contributed by atoms with Gasteiger partial charge in [0.15, 0.2) is 0 Å². The van der Waals surface area contributed by atoms with Crippen molar-refractivity contribution in [1.82, 2.24) is 4.90 Å². The number of ether oxygens (including phenoxy) is 2. The molecule has 1 atom stereocenters. The smallest absolute Gasteiger partial charge is 0.313 e. The van der Waals surface area contributed by atoms with Gasteiger partial charge in [0, 0.05) is 19.7 Å². The zero-order valence-corrected chi connectivity index (χ0v) is 11.3. The van der Waals surface area contributed by atoms with Crippen molar-refractivity contribution in [3.05, 3.63) is 0 Å². The highest BCUT2D eigenvalue weighted by molar-refractivity contribution is 8.00. The molecule has 0 spiro atoms. The van der Waals surface area contributed by atoms with Gasteiger partial charge in [-0.3, -0.25) is 9.59 Å². The van der Waals surface area contributed by atoms with Crippen LogP contribution in [-0.2, 0) is 19.1 Å². The lowest BCUT2D eigenvalue weighted by molar-refractivity contribution is -0.138. The maximum atomic E-state index is 11.8. The minimum absolute atomic E-state index is 0.0361. The lowest BCUT2D eigenvalue weighted by atomic mass is 10.3. The Morgan fingerprint density at radius 1 is 1.50 bits per heavy atom. The van der Waals surface area contributed by atoms with E-state index in [1.807, 2.05) is 6.92 Å². The van der Waals surface area contributed by atoms with Gasteiger partial charge in [0.2, 0.25) is 5.91 Å². The summed E-state index contributed by atoms with van der Waals surface area (Å²) in [5.41, 5.74) is 0. The first-order valence-corrected chi connectivity index (χ1v) is 7.05. The first kappa shape index (κ1) is 15.3. The topological polar surface area (TPSA) is 76.1 Å². The first-order chi connectivity index (χ1) is 8.63. The molecule has 1 aliphatic rings. The Balaban J connectivity index is 2.27. The van der Waals surface area contributed by atoms with E-state index >= 15 is 0 Å². The largest absolute Gasteiger partial charge is 0.481 e. The van der Waals surface area contributed by atoms with E-state index in [0.717, 1.165) is 11.8 Å². The summed E-state index contributed by atoms with van der Waals surface area (Å²) in [5, 5.41) is 8.49. The van der Waals surface area contributed by atoms with Crippen LogP contribution in [0.4, 0.5) is 0 Å². The number of thioether (sulfide) groups is 1. The number of carboxylic acid groups (broad SMARTS) is 1. The quantitative estimate of drug-likeness (QED) is 0.709. The highest BCUT2D eigenvalue weighted by Gasteiger charge is 2.24. The van der Waals surface area contributed by atoms with Crippen LogP contribution in [0, 0.1) is 0 Å². The molecule has 1 heterocycles. The summed E-state index contributed by atoms with van der Waals surface area (Å²) >= 11 is 1.12. The molecule has 0 aliphatic carbocycles. The fraction of sp³-hybridized carbons (Fsp3) is 0.818. The molecule has 0 bridgehead atoms. The molecule has 6 nitrogen and oxygen atoms in total. The van der Waals surface area contributed by atoms with Crippen molar-refractivity contribution in [2.75, 3.05) is 44.4 Å². The summed E-state index contributed by atoms with van der Waals surface area (Å²) in [4.78, 5) is 23.9. The van der Waals surface area contributed by atoms with E-state index < -0.39 is 5.97 Å². The maximum absolute atomic E-state index is 11.8. The Morgan fingerprint density at radius 2 is 2.28 bits per heavy atom. The van der Waals surface area contributed by atoms with E-state index in [9.17, 15) is 9.59 Å². The van der Waals surface area contributed by atoms with Crippen LogP contribution in [0.25, 0.3) is 0 Å². The van der Waals surface area contributed by atoms with Crippen molar-refractivity contribution < 1.29 is 24.2 Å². The summed E-state index contributed by atoms with van der Waals surface area (Å²) < 4.78 is 10.8. The predicted octanol–water partition coefficient (Wildman–Crippen LogP) is 0.0681. The summed E-state index contributed by atoms with van der Waals surface area (Å²) in [6.07, 6.45) is -0.0767. The molecule has 0 aromatic carbocycles. The SMILES string of the molecule is CCOCC1CN(C(=O)CSCC(=O)O)CCO1. The molecule has 104 valence electrons. The van der Waals surface area contributed by atoms with Gasteiger partial charge in [-0.15, -0.1) is 11.8 Å². The van der Waals surface area contributed by atoms with Gasteiger partial charge in [-0.2, -0.15) is 0 Å². The number of carbonyl (C=O) groups is 2. The van der Waals surface area contributed by atoms with Crippen LogP contribution in [0.2, 0.25) is 0 Å². The van der Waals surface area contributed by atoms with Crippen molar-refractivity contribution in [1.29, 1.82) is 0 Å². The van der Waals surface area contributed by atoms with E-state index in [4.69, 9.17) is 14.6 Å². The van der Waals surface area contributed by atoms with Gasteiger partial charge < -0.3 is 19.5 Å². The van der Waals surface area contributed by atoms with Crippen LogP contribution >= 0.6 is 11.8 Å². The normalized spacial score (nSPS) is 19.8.